The highest BCUT2D eigenvalue weighted by Gasteiger charge is 2.44. The number of nitrogens with one attached hydrogen (secondary N) is 1. The predicted octanol–water partition coefficient (Wildman–Crippen LogP) is -1.42. The van der Waals surface area contributed by atoms with Gasteiger partial charge in [0.05, 0.1) is 6.61 Å². The van der Waals surface area contributed by atoms with E-state index in [9.17, 15) is 30.5 Å². The van der Waals surface area contributed by atoms with E-state index in [-0.39, 0.29) is 5.57 Å². The number of benzene rings is 1. The molecule has 0 saturated carbocycles. The first-order chi connectivity index (χ1) is 12.8. The summed E-state index contributed by atoms with van der Waals surface area (Å²) in [5, 5.41) is 50.2. The second kappa shape index (κ2) is 8.94. The molecule has 0 aromatic heterocycles. The lowest BCUT2D eigenvalue weighted by Crippen LogP contribution is -2.63. The minimum absolute atomic E-state index is 0.232. The van der Waals surface area contributed by atoms with Crippen molar-refractivity contribution in [2.75, 3.05) is 25.6 Å². The van der Waals surface area contributed by atoms with Gasteiger partial charge in [-0.05, 0) is 23.8 Å². The minimum Gasteiger partial charge on any atom is -0.394 e. The van der Waals surface area contributed by atoms with Gasteiger partial charge >= 0.3 is 0 Å². The van der Waals surface area contributed by atoms with Crippen molar-refractivity contribution in [3.63, 3.8) is 0 Å². The molecule has 1 aromatic carbocycles. The van der Waals surface area contributed by atoms with E-state index in [1.165, 1.54) is 6.08 Å². The molecule has 5 atom stereocenters. The van der Waals surface area contributed by atoms with Gasteiger partial charge in [-0.1, -0.05) is 12.1 Å². The van der Waals surface area contributed by atoms with Crippen LogP contribution >= 0.6 is 0 Å². The second-order valence-electron chi connectivity index (χ2n) is 6.38. The van der Waals surface area contributed by atoms with Crippen molar-refractivity contribution in [3.8, 4) is 6.07 Å². The number of aliphatic hydroxyl groups is 4. The summed E-state index contributed by atoms with van der Waals surface area (Å²) in [5.41, 5.74) is 1.35. The standard InChI is InChI=1S/C18H23N3O6/c1-21(2)12-5-3-10(4-6-12)7-11(8-19)17(26)20-18-16(25)15(24)14(23)13(9-22)27-18/h3-7,13-16,18,22-25H,9H2,1-2H3,(H,20,26)/b11-7+/t13-,14-,15+,16-,18-/m1/s1. The van der Waals surface area contributed by atoms with Crippen LogP contribution in [0.3, 0.4) is 0 Å². The first-order valence-corrected chi connectivity index (χ1v) is 8.29. The van der Waals surface area contributed by atoms with E-state index in [2.05, 4.69) is 5.32 Å². The third kappa shape index (κ3) is 4.82. The Morgan fingerprint density at radius 1 is 1.22 bits per heavy atom. The van der Waals surface area contributed by atoms with Gasteiger partial charge in [0.1, 0.15) is 36.1 Å². The van der Waals surface area contributed by atoms with Crippen LogP contribution in [-0.4, -0.2) is 77.7 Å². The maximum Gasteiger partial charge on any atom is 0.264 e. The summed E-state index contributed by atoms with van der Waals surface area (Å²) in [6.45, 7) is -0.615. The molecular weight excluding hydrogens is 354 g/mol. The van der Waals surface area contributed by atoms with E-state index in [4.69, 9.17) is 4.74 Å². The molecule has 1 aromatic rings. The van der Waals surface area contributed by atoms with Crippen molar-refractivity contribution >= 4 is 17.7 Å². The first-order valence-electron chi connectivity index (χ1n) is 8.29. The number of aliphatic hydroxyl groups excluding tert-OH is 4. The van der Waals surface area contributed by atoms with E-state index < -0.39 is 43.2 Å². The average molecular weight is 377 g/mol. The molecule has 1 aliphatic rings. The van der Waals surface area contributed by atoms with E-state index in [0.29, 0.717) is 5.56 Å². The molecule has 1 saturated heterocycles. The Kier molecular flexibility index (Phi) is 6.90. The molecule has 146 valence electrons. The highest BCUT2D eigenvalue weighted by atomic mass is 16.6. The second-order valence-corrected chi connectivity index (χ2v) is 6.38. The number of anilines is 1. The summed E-state index contributed by atoms with van der Waals surface area (Å²) in [6, 6.07) is 8.92. The molecule has 0 unspecified atom stereocenters. The topological polar surface area (TPSA) is 146 Å². The number of hydrogen-bond acceptors (Lipinski definition) is 8. The zero-order valence-electron chi connectivity index (χ0n) is 15.0. The number of rotatable bonds is 5. The lowest BCUT2D eigenvalue weighted by Gasteiger charge is -2.40. The molecule has 2 rings (SSSR count). The first kappa shape index (κ1) is 20.8. The fourth-order valence-electron chi connectivity index (χ4n) is 2.61. The van der Waals surface area contributed by atoms with E-state index in [1.54, 1.807) is 18.2 Å². The largest absolute Gasteiger partial charge is 0.394 e. The number of nitrogens with zero attached hydrogens (tertiary/aromatic N) is 2. The van der Waals surface area contributed by atoms with Crippen LogP contribution in [-0.2, 0) is 9.53 Å². The molecule has 1 amide bonds. The monoisotopic (exact) mass is 377 g/mol. The van der Waals surface area contributed by atoms with Gasteiger partial charge in [-0.2, -0.15) is 5.26 Å². The van der Waals surface area contributed by atoms with Crippen LogP contribution < -0.4 is 10.2 Å². The summed E-state index contributed by atoms with van der Waals surface area (Å²) in [5.74, 6) is -0.821. The van der Waals surface area contributed by atoms with Crippen LogP contribution in [0, 0.1) is 11.3 Å². The van der Waals surface area contributed by atoms with Crippen molar-refractivity contribution < 1.29 is 30.0 Å². The van der Waals surface area contributed by atoms with E-state index in [0.717, 1.165) is 5.69 Å². The maximum absolute atomic E-state index is 12.3. The van der Waals surface area contributed by atoms with E-state index >= 15 is 0 Å². The Morgan fingerprint density at radius 3 is 2.37 bits per heavy atom. The van der Waals surface area contributed by atoms with Gasteiger partial charge in [0.25, 0.3) is 5.91 Å². The number of hydrogen-bond donors (Lipinski definition) is 5. The number of carbonyl (C=O) groups excluding carboxylic acids is 1. The average Bonchev–Trinajstić information content (AvgIpc) is 2.66. The molecule has 1 heterocycles. The van der Waals surface area contributed by atoms with Crippen LogP contribution in [0.4, 0.5) is 5.69 Å². The molecule has 9 heteroatoms. The number of carbonyl (C=O) groups is 1. The maximum atomic E-state index is 12.3. The zero-order chi connectivity index (χ0) is 20.1. The lowest BCUT2D eigenvalue weighted by atomic mass is 9.98. The van der Waals surface area contributed by atoms with Gasteiger partial charge in [0, 0.05) is 19.8 Å². The van der Waals surface area contributed by atoms with Crippen molar-refractivity contribution in [2.24, 2.45) is 0 Å². The highest BCUT2D eigenvalue weighted by molar-refractivity contribution is 6.01. The Bertz CT molecular complexity index is 726. The quantitative estimate of drug-likeness (QED) is 0.310. The summed E-state index contributed by atoms with van der Waals surface area (Å²) in [7, 11) is 3.78. The van der Waals surface area contributed by atoms with Crippen molar-refractivity contribution in [2.45, 2.75) is 30.6 Å². The number of amides is 1. The molecule has 27 heavy (non-hydrogen) atoms. The van der Waals surface area contributed by atoms with Crippen molar-refractivity contribution in [3.05, 3.63) is 35.4 Å². The molecule has 5 N–H and O–H groups in total. The molecule has 0 aliphatic carbocycles. The molecular formula is C18H23N3O6. The number of nitriles is 1. The Balaban J connectivity index is 2.13. The molecule has 1 fully saturated rings. The van der Waals surface area contributed by atoms with Crippen LogP contribution in [0.15, 0.2) is 29.8 Å². The summed E-state index contributed by atoms with van der Waals surface area (Å²) in [6.07, 6.45) is -5.93. The molecule has 9 nitrogen and oxygen atoms in total. The molecule has 0 radical (unpaired) electrons. The van der Waals surface area contributed by atoms with Crippen molar-refractivity contribution in [1.82, 2.24) is 5.32 Å². The van der Waals surface area contributed by atoms with Crippen LogP contribution in [0.5, 0.6) is 0 Å². The third-order valence-electron chi connectivity index (χ3n) is 4.25. The normalized spacial score (nSPS) is 28.3. The highest BCUT2D eigenvalue weighted by Crippen LogP contribution is 2.20. The van der Waals surface area contributed by atoms with Crippen molar-refractivity contribution in [1.29, 1.82) is 5.26 Å². The Morgan fingerprint density at radius 2 is 1.85 bits per heavy atom. The summed E-state index contributed by atoms with van der Waals surface area (Å²) < 4.78 is 5.20. The Hall–Kier alpha value is -2.48. The van der Waals surface area contributed by atoms with Gasteiger partial charge < -0.3 is 35.4 Å². The van der Waals surface area contributed by atoms with E-state index in [1.807, 2.05) is 31.1 Å². The predicted molar refractivity (Wildman–Crippen MR) is 96.3 cm³/mol. The SMILES string of the molecule is CN(C)c1ccc(/C=C(\C#N)C(=O)N[C@@H]2O[C@H](CO)[C@@H](O)[C@H](O)[C@H]2O)cc1. The third-order valence-corrected chi connectivity index (χ3v) is 4.25. The van der Waals surface area contributed by atoms with Crippen LogP contribution in [0.1, 0.15) is 5.56 Å². The molecule has 0 spiro atoms. The van der Waals surface area contributed by atoms with Gasteiger partial charge in [-0.25, -0.2) is 0 Å². The summed E-state index contributed by atoms with van der Waals surface area (Å²) >= 11 is 0. The molecule has 0 bridgehead atoms. The van der Waals surface area contributed by atoms with Gasteiger partial charge in [-0.15, -0.1) is 0 Å². The van der Waals surface area contributed by atoms with Gasteiger partial charge in [0.2, 0.25) is 0 Å². The smallest absolute Gasteiger partial charge is 0.264 e. The molecule has 1 aliphatic heterocycles. The number of ether oxygens (including phenoxy) is 1. The fraction of sp³-hybridized carbons (Fsp3) is 0.444. The van der Waals surface area contributed by atoms with Crippen LogP contribution in [0.25, 0.3) is 6.08 Å². The van der Waals surface area contributed by atoms with Crippen LogP contribution in [0.2, 0.25) is 0 Å². The zero-order valence-corrected chi connectivity index (χ0v) is 15.0. The summed E-state index contributed by atoms with van der Waals surface area (Å²) in [4.78, 5) is 14.3. The fourth-order valence-corrected chi connectivity index (χ4v) is 2.61. The van der Waals surface area contributed by atoms with Gasteiger partial charge in [-0.3, -0.25) is 4.79 Å². The Labute approximate surface area is 156 Å². The minimum atomic E-state index is -1.62. The lowest BCUT2D eigenvalue weighted by molar-refractivity contribution is -0.235. The van der Waals surface area contributed by atoms with Gasteiger partial charge in [0.15, 0.2) is 6.23 Å².